The molecule has 1 fully saturated rings. The van der Waals surface area contributed by atoms with Gasteiger partial charge in [0.1, 0.15) is 17.4 Å². The third-order valence-electron chi connectivity index (χ3n) is 6.70. The lowest BCUT2D eigenvalue weighted by Crippen LogP contribution is -2.49. The Bertz CT molecular complexity index is 1270. The SMILES string of the molecule is CC1(C)C[C@@H](C(=O)NCc2cnc3c(CN)cccn23)N(C(=O)CNC(=O)CCCOc2ccccc2)C1. The lowest BCUT2D eigenvalue weighted by Gasteiger charge is -2.24. The molecule has 4 N–H and O–H groups in total. The van der Waals surface area contributed by atoms with Gasteiger partial charge in [0.15, 0.2) is 0 Å². The first kappa shape index (κ1) is 27.1. The third kappa shape index (κ3) is 6.69. The fraction of sp³-hybridized carbons (Fsp3) is 0.429. The number of imidazole rings is 1. The normalized spacial score (nSPS) is 16.4. The van der Waals surface area contributed by atoms with Gasteiger partial charge in [-0.25, -0.2) is 4.98 Å². The van der Waals surface area contributed by atoms with Crippen LogP contribution in [0.25, 0.3) is 5.65 Å². The van der Waals surface area contributed by atoms with E-state index in [1.807, 2.05) is 66.9 Å². The summed E-state index contributed by atoms with van der Waals surface area (Å²) in [5, 5.41) is 5.66. The zero-order valence-electron chi connectivity index (χ0n) is 22.0. The van der Waals surface area contributed by atoms with Gasteiger partial charge in [-0.2, -0.15) is 0 Å². The van der Waals surface area contributed by atoms with Gasteiger partial charge in [0.05, 0.1) is 31.6 Å². The number of ether oxygens (including phenoxy) is 1. The molecule has 0 aliphatic carbocycles. The van der Waals surface area contributed by atoms with Gasteiger partial charge < -0.3 is 30.4 Å². The molecule has 1 aliphatic heterocycles. The number of pyridine rings is 1. The van der Waals surface area contributed by atoms with Crippen molar-refractivity contribution in [2.45, 2.75) is 52.2 Å². The van der Waals surface area contributed by atoms with Gasteiger partial charge >= 0.3 is 0 Å². The van der Waals surface area contributed by atoms with Crippen molar-refractivity contribution in [3.63, 3.8) is 0 Å². The summed E-state index contributed by atoms with van der Waals surface area (Å²) in [6, 6.07) is 12.6. The first-order valence-electron chi connectivity index (χ1n) is 12.9. The van der Waals surface area contributed by atoms with Gasteiger partial charge in [0.25, 0.3) is 0 Å². The van der Waals surface area contributed by atoms with Gasteiger partial charge in [0, 0.05) is 31.3 Å². The average Bonchev–Trinajstić information content (AvgIpc) is 3.49. The van der Waals surface area contributed by atoms with E-state index in [0.29, 0.717) is 32.5 Å². The van der Waals surface area contributed by atoms with Crippen molar-refractivity contribution in [1.29, 1.82) is 0 Å². The monoisotopic (exact) mass is 520 g/mol. The van der Waals surface area contributed by atoms with Crippen LogP contribution in [0.3, 0.4) is 0 Å². The Balaban J connectivity index is 1.27. The Morgan fingerprint density at radius 2 is 1.92 bits per heavy atom. The molecule has 2 aromatic heterocycles. The van der Waals surface area contributed by atoms with E-state index in [0.717, 1.165) is 22.7 Å². The van der Waals surface area contributed by atoms with Crippen molar-refractivity contribution in [2.75, 3.05) is 19.7 Å². The highest BCUT2D eigenvalue weighted by atomic mass is 16.5. The van der Waals surface area contributed by atoms with E-state index < -0.39 is 6.04 Å². The number of aromatic nitrogens is 2. The highest BCUT2D eigenvalue weighted by Crippen LogP contribution is 2.34. The molecule has 38 heavy (non-hydrogen) atoms. The minimum atomic E-state index is -0.604. The molecule has 0 bridgehead atoms. The summed E-state index contributed by atoms with van der Waals surface area (Å²) in [7, 11) is 0. The number of fused-ring (bicyclic) bond motifs is 1. The highest BCUT2D eigenvalue weighted by molar-refractivity contribution is 5.90. The number of nitrogens with zero attached hydrogens (tertiary/aromatic N) is 3. The van der Waals surface area contributed by atoms with Crippen molar-refractivity contribution in [3.8, 4) is 5.75 Å². The number of rotatable bonds is 11. The first-order chi connectivity index (χ1) is 18.3. The second kappa shape index (κ2) is 12.1. The number of para-hydroxylation sites is 1. The Kier molecular flexibility index (Phi) is 8.62. The van der Waals surface area contributed by atoms with Crippen LogP contribution in [0.15, 0.2) is 54.9 Å². The molecular weight excluding hydrogens is 484 g/mol. The van der Waals surface area contributed by atoms with E-state index in [9.17, 15) is 14.4 Å². The summed E-state index contributed by atoms with van der Waals surface area (Å²) in [6.07, 6.45) is 4.93. The summed E-state index contributed by atoms with van der Waals surface area (Å²) in [5.74, 6) is 0.0370. The quantitative estimate of drug-likeness (QED) is 0.332. The number of carbonyl (C=O) groups excluding carboxylic acids is 3. The molecule has 4 rings (SSSR count). The topological polar surface area (TPSA) is 131 Å². The molecule has 1 aromatic carbocycles. The summed E-state index contributed by atoms with van der Waals surface area (Å²) in [5.41, 5.74) is 8.10. The molecule has 202 valence electrons. The maximum atomic E-state index is 13.2. The number of benzene rings is 1. The molecular formula is C28H36N6O4. The number of nitrogens with one attached hydrogen (secondary N) is 2. The lowest BCUT2D eigenvalue weighted by atomic mass is 9.90. The number of hydrogen-bond acceptors (Lipinski definition) is 6. The van der Waals surface area contributed by atoms with Crippen LogP contribution < -0.4 is 21.1 Å². The molecule has 0 saturated carbocycles. The predicted molar refractivity (Wildman–Crippen MR) is 143 cm³/mol. The van der Waals surface area contributed by atoms with Crippen molar-refractivity contribution in [1.82, 2.24) is 24.9 Å². The van der Waals surface area contributed by atoms with E-state index in [-0.39, 0.29) is 42.6 Å². The maximum Gasteiger partial charge on any atom is 0.243 e. The van der Waals surface area contributed by atoms with Gasteiger partial charge in [-0.15, -0.1) is 0 Å². The zero-order chi connectivity index (χ0) is 27.1. The first-order valence-corrected chi connectivity index (χ1v) is 12.9. The number of hydrogen-bond donors (Lipinski definition) is 3. The van der Waals surface area contributed by atoms with Crippen LogP contribution in [0.2, 0.25) is 0 Å². The Labute approximate surface area is 222 Å². The number of amides is 3. The van der Waals surface area contributed by atoms with Crippen LogP contribution in [0.1, 0.15) is 44.4 Å². The molecule has 0 unspecified atom stereocenters. The molecule has 3 amide bonds. The largest absolute Gasteiger partial charge is 0.494 e. The van der Waals surface area contributed by atoms with E-state index in [1.54, 1.807) is 11.1 Å². The van der Waals surface area contributed by atoms with Crippen LogP contribution >= 0.6 is 0 Å². The standard InChI is InChI=1S/C28H36N6O4/c1-28(2)14-23(27(37)32-17-21-16-31-26-20(15-29)8-6-12-33(21)26)34(19-28)25(36)18-30-24(35)11-7-13-38-22-9-4-3-5-10-22/h3-6,8-10,12,16,23H,7,11,13-15,17-19,29H2,1-2H3,(H,30,35)(H,32,37)/t23-/m0/s1. The van der Waals surface area contributed by atoms with E-state index >= 15 is 0 Å². The number of carbonyl (C=O) groups is 3. The second-order valence-corrected chi connectivity index (χ2v) is 10.3. The van der Waals surface area contributed by atoms with Crippen molar-refractivity contribution in [2.24, 2.45) is 11.1 Å². The van der Waals surface area contributed by atoms with Crippen LogP contribution in [0, 0.1) is 5.41 Å². The molecule has 0 radical (unpaired) electrons. The number of likely N-dealkylation sites (tertiary alicyclic amines) is 1. The summed E-state index contributed by atoms with van der Waals surface area (Å²) >= 11 is 0. The molecule has 0 spiro atoms. The minimum Gasteiger partial charge on any atom is -0.494 e. The fourth-order valence-corrected chi connectivity index (χ4v) is 4.77. The summed E-state index contributed by atoms with van der Waals surface area (Å²) < 4.78 is 7.51. The van der Waals surface area contributed by atoms with Crippen LogP contribution in [0.5, 0.6) is 5.75 Å². The fourth-order valence-electron chi connectivity index (χ4n) is 4.77. The van der Waals surface area contributed by atoms with Crippen molar-refractivity contribution in [3.05, 3.63) is 66.1 Å². The van der Waals surface area contributed by atoms with Gasteiger partial charge in [-0.05, 0) is 36.5 Å². The van der Waals surface area contributed by atoms with E-state index in [4.69, 9.17) is 10.5 Å². The van der Waals surface area contributed by atoms with E-state index in [2.05, 4.69) is 15.6 Å². The molecule has 1 saturated heterocycles. The molecule has 3 heterocycles. The van der Waals surface area contributed by atoms with Gasteiger partial charge in [-0.3, -0.25) is 14.4 Å². The Hall–Kier alpha value is -3.92. The highest BCUT2D eigenvalue weighted by Gasteiger charge is 2.43. The molecule has 10 heteroatoms. The van der Waals surface area contributed by atoms with Gasteiger partial charge in [-0.1, -0.05) is 38.1 Å². The summed E-state index contributed by atoms with van der Waals surface area (Å²) in [6.45, 7) is 5.42. The molecule has 1 atom stereocenters. The molecule has 1 aliphatic rings. The van der Waals surface area contributed by atoms with Crippen molar-refractivity contribution >= 4 is 23.4 Å². The molecule has 3 aromatic rings. The third-order valence-corrected chi connectivity index (χ3v) is 6.70. The minimum absolute atomic E-state index is 0.145. The van der Waals surface area contributed by atoms with Gasteiger partial charge in [0.2, 0.25) is 17.7 Å². The Morgan fingerprint density at radius 1 is 1.13 bits per heavy atom. The lowest BCUT2D eigenvalue weighted by molar-refractivity contribution is -0.138. The number of nitrogens with two attached hydrogens (primary N) is 1. The van der Waals surface area contributed by atoms with Crippen molar-refractivity contribution < 1.29 is 19.1 Å². The molecule has 10 nitrogen and oxygen atoms in total. The second-order valence-electron chi connectivity index (χ2n) is 10.3. The van der Waals surface area contributed by atoms with E-state index in [1.165, 1.54) is 0 Å². The van der Waals surface area contributed by atoms with Crippen LogP contribution in [-0.2, 0) is 27.5 Å². The van der Waals surface area contributed by atoms with Crippen LogP contribution in [0.4, 0.5) is 0 Å². The smallest absolute Gasteiger partial charge is 0.243 e. The average molecular weight is 521 g/mol. The predicted octanol–water partition coefficient (Wildman–Crippen LogP) is 2.01. The Morgan fingerprint density at radius 3 is 2.68 bits per heavy atom. The summed E-state index contributed by atoms with van der Waals surface area (Å²) in [4.78, 5) is 44.5. The maximum absolute atomic E-state index is 13.2. The zero-order valence-corrected chi connectivity index (χ0v) is 22.0. The van der Waals surface area contributed by atoms with Crippen LogP contribution in [-0.4, -0.2) is 57.7 Å².